The van der Waals surface area contributed by atoms with E-state index >= 15 is 0 Å². The molecule has 8 nitrogen and oxygen atoms in total. The number of hydrogen-bond acceptors (Lipinski definition) is 5. The van der Waals surface area contributed by atoms with E-state index in [0.717, 1.165) is 42.0 Å². The number of methoxy groups -OCH3 is 1. The van der Waals surface area contributed by atoms with E-state index in [9.17, 15) is 4.79 Å². The van der Waals surface area contributed by atoms with Crippen LogP contribution in [0.2, 0.25) is 0 Å². The van der Waals surface area contributed by atoms with E-state index in [-0.39, 0.29) is 18.0 Å². The SMILES string of the molecule is COc1ccc(-n2ncc3c2CCC[C@@H]3NC(=O)C[C@H](C)n2cncn2)cc1. The van der Waals surface area contributed by atoms with Gasteiger partial charge in [-0.2, -0.15) is 10.2 Å². The third-order valence-electron chi connectivity index (χ3n) is 5.20. The molecule has 1 N–H and O–H groups in total. The minimum Gasteiger partial charge on any atom is -0.497 e. The second-order valence-corrected chi connectivity index (χ2v) is 7.10. The van der Waals surface area contributed by atoms with E-state index in [0.29, 0.717) is 6.42 Å². The highest BCUT2D eigenvalue weighted by Gasteiger charge is 2.26. The molecular weight excluding hydrogens is 356 g/mol. The topological polar surface area (TPSA) is 86.9 Å². The van der Waals surface area contributed by atoms with Gasteiger partial charge in [-0.25, -0.2) is 14.3 Å². The van der Waals surface area contributed by atoms with Crippen molar-refractivity contribution in [2.24, 2.45) is 0 Å². The first kappa shape index (κ1) is 18.2. The third-order valence-corrected chi connectivity index (χ3v) is 5.20. The highest BCUT2D eigenvalue weighted by atomic mass is 16.5. The lowest BCUT2D eigenvalue weighted by atomic mass is 9.92. The van der Waals surface area contributed by atoms with Crippen LogP contribution in [0.15, 0.2) is 43.1 Å². The fourth-order valence-electron chi connectivity index (χ4n) is 3.71. The number of carbonyl (C=O) groups excluding carboxylic acids is 1. The Balaban J connectivity index is 1.48. The summed E-state index contributed by atoms with van der Waals surface area (Å²) in [6.45, 7) is 1.96. The standard InChI is InChI=1S/C20H24N6O2/c1-14(25-13-21-12-23-25)10-20(27)24-18-4-3-5-19-17(18)11-22-26(19)15-6-8-16(28-2)9-7-15/h6-9,11-14,18H,3-5,10H2,1-2H3,(H,24,27)/t14-,18-/m0/s1. The number of fused-ring (bicyclic) bond motifs is 1. The van der Waals surface area contributed by atoms with Crippen LogP contribution in [0.1, 0.15) is 49.5 Å². The lowest BCUT2D eigenvalue weighted by Crippen LogP contribution is -2.32. The summed E-state index contributed by atoms with van der Waals surface area (Å²) in [5.41, 5.74) is 3.25. The van der Waals surface area contributed by atoms with Crippen molar-refractivity contribution in [3.8, 4) is 11.4 Å². The summed E-state index contributed by atoms with van der Waals surface area (Å²) in [6.07, 6.45) is 8.24. The van der Waals surface area contributed by atoms with E-state index in [1.54, 1.807) is 18.1 Å². The number of nitrogens with zero attached hydrogens (tertiary/aromatic N) is 5. The number of ether oxygens (including phenoxy) is 1. The Bertz CT molecular complexity index is 932. The van der Waals surface area contributed by atoms with Gasteiger partial charge in [-0.05, 0) is 50.5 Å². The maximum absolute atomic E-state index is 12.6. The van der Waals surface area contributed by atoms with Gasteiger partial charge < -0.3 is 10.1 Å². The Morgan fingerprint density at radius 1 is 1.32 bits per heavy atom. The maximum Gasteiger partial charge on any atom is 0.222 e. The van der Waals surface area contributed by atoms with Crippen molar-refractivity contribution in [1.82, 2.24) is 29.9 Å². The molecule has 0 spiro atoms. The van der Waals surface area contributed by atoms with Gasteiger partial charge >= 0.3 is 0 Å². The maximum atomic E-state index is 12.6. The quantitative estimate of drug-likeness (QED) is 0.710. The molecule has 0 bridgehead atoms. The Morgan fingerprint density at radius 3 is 2.86 bits per heavy atom. The molecule has 146 valence electrons. The zero-order valence-electron chi connectivity index (χ0n) is 16.1. The summed E-state index contributed by atoms with van der Waals surface area (Å²) < 4.78 is 8.90. The summed E-state index contributed by atoms with van der Waals surface area (Å²) in [5, 5.41) is 11.9. The number of benzene rings is 1. The van der Waals surface area contributed by atoms with Crippen LogP contribution < -0.4 is 10.1 Å². The number of amides is 1. The first-order chi connectivity index (χ1) is 13.7. The van der Waals surface area contributed by atoms with Crippen LogP contribution >= 0.6 is 0 Å². The van der Waals surface area contributed by atoms with Crippen molar-refractivity contribution in [2.75, 3.05) is 7.11 Å². The third kappa shape index (κ3) is 3.62. The smallest absolute Gasteiger partial charge is 0.222 e. The molecule has 0 unspecified atom stereocenters. The van der Waals surface area contributed by atoms with Crippen molar-refractivity contribution in [1.29, 1.82) is 0 Å². The van der Waals surface area contributed by atoms with E-state index in [1.165, 1.54) is 6.33 Å². The lowest BCUT2D eigenvalue weighted by molar-refractivity contribution is -0.122. The van der Waals surface area contributed by atoms with Gasteiger partial charge in [-0.15, -0.1) is 0 Å². The summed E-state index contributed by atoms with van der Waals surface area (Å²) in [7, 11) is 1.65. The molecule has 0 saturated carbocycles. The van der Waals surface area contributed by atoms with Gasteiger partial charge in [-0.1, -0.05) is 0 Å². The van der Waals surface area contributed by atoms with Gasteiger partial charge in [0, 0.05) is 17.7 Å². The highest BCUT2D eigenvalue weighted by Crippen LogP contribution is 2.31. The molecular formula is C20H24N6O2. The predicted molar refractivity (Wildman–Crippen MR) is 103 cm³/mol. The Morgan fingerprint density at radius 2 is 2.14 bits per heavy atom. The first-order valence-electron chi connectivity index (χ1n) is 9.50. The zero-order valence-corrected chi connectivity index (χ0v) is 16.1. The number of rotatable bonds is 6. The van der Waals surface area contributed by atoms with Gasteiger partial charge in [0.05, 0.1) is 31.1 Å². The number of hydrogen-bond donors (Lipinski definition) is 1. The van der Waals surface area contributed by atoms with Crippen molar-refractivity contribution in [3.05, 3.63) is 54.4 Å². The van der Waals surface area contributed by atoms with Crippen LogP contribution in [0, 0.1) is 0 Å². The molecule has 0 fully saturated rings. The summed E-state index contributed by atoms with van der Waals surface area (Å²) in [5.74, 6) is 0.828. The summed E-state index contributed by atoms with van der Waals surface area (Å²) in [6, 6.07) is 7.80. The van der Waals surface area contributed by atoms with E-state index in [1.807, 2.05) is 42.1 Å². The van der Waals surface area contributed by atoms with Gasteiger partial charge in [0.25, 0.3) is 0 Å². The Kier molecular flexibility index (Phi) is 5.10. The van der Waals surface area contributed by atoms with Crippen LogP contribution in [-0.4, -0.2) is 37.6 Å². The molecule has 2 heterocycles. The molecule has 0 saturated heterocycles. The van der Waals surface area contributed by atoms with Crippen LogP contribution in [-0.2, 0) is 11.2 Å². The fraction of sp³-hybridized carbons (Fsp3) is 0.400. The zero-order chi connectivity index (χ0) is 19.5. The first-order valence-corrected chi connectivity index (χ1v) is 9.50. The van der Waals surface area contributed by atoms with Crippen LogP contribution in [0.3, 0.4) is 0 Å². The van der Waals surface area contributed by atoms with E-state index in [2.05, 4.69) is 20.5 Å². The fourth-order valence-corrected chi connectivity index (χ4v) is 3.71. The molecule has 0 aliphatic heterocycles. The van der Waals surface area contributed by atoms with Gasteiger partial charge in [0.15, 0.2) is 0 Å². The number of aromatic nitrogens is 5. The van der Waals surface area contributed by atoms with Crippen molar-refractivity contribution < 1.29 is 9.53 Å². The predicted octanol–water partition coefficient (Wildman–Crippen LogP) is 2.62. The Labute approximate surface area is 163 Å². The van der Waals surface area contributed by atoms with Gasteiger partial charge in [-0.3, -0.25) is 4.79 Å². The monoisotopic (exact) mass is 380 g/mol. The van der Waals surface area contributed by atoms with Crippen LogP contribution in [0.4, 0.5) is 0 Å². The largest absolute Gasteiger partial charge is 0.497 e. The van der Waals surface area contributed by atoms with Crippen molar-refractivity contribution >= 4 is 5.91 Å². The molecule has 4 rings (SSSR count). The number of carbonyl (C=O) groups is 1. The molecule has 2 aromatic heterocycles. The summed E-state index contributed by atoms with van der Waals surface area (Å²) >= 11 is 0. The molecule has 3 aromatic rings. The van der Waals surface area contributed by atoms with Crippen molar-refractivity contribution in [3.63, 3.8) is 0 Å². The van der Waals surface area contributed by atoms with Gasteiger partial charge in [0.1, 0.15) is 18.4 Å². The lowest BCUT2D eigenvalue weighted by Gasteiger charge is -2.25. The molecule has 8 heteroatoms. The van der Waals surface area contributed by atoms with Crippen molar-refractivity contribution in [2.45, 2.75) is 44.7 Å². The molecule has 1 amide bonds. The average Bonchev–Trinajstić information content (AvgIpc) is 3.38. The summed E-state index contributed by atoms with van der Waals surface area (Å²) in [4.78, 5) is 16.5. The van der Waals surface area contributed by atoms with E-state index < -0.39 is 0 Å². The van der Waals surface area contributed by atoms with Gasteiger partial charge in [0.2, 0.25) is 5.91 Å². The molecule has 1 aliphatic carbocycles. The second kappa shape index (κ2) is 7.84. The van der Waals surface area contributed by atoms with Crippen LogP contribution in [0.5, 0.6) is 5.75 Å². The molecule has 2 atom stereocenters. The minimum atomic E-state index is -0.0346. The second-order valence-electron chi connectivity index (χ2n) is 7.10. The normalized spacial score (nSPS) is 17.0. The molecule has 1 aliphatic rings. The Hall–Kier alpha value is -3.16. The minimum absolute atomic E-state index is 0.00815. The molecule has 28 heavy (non-hydrogen) atoms. The molecule has 1 aromatic carbocycles. The molecule has 0 radical (unpaired) electrons. The number of nitrogens with one attached hydrogen (secondary N) is 1. The average molecular weight is 380 g/mol. The van der Waals surface area contributed by atoms with E-state index in [4.69, 9.17) is 4.74 Å². The highest BCUT2D eigenvalue weighted by molar-refractivity contribution is 5.77. The van der Waals surface area contributed by atoms with Crippen LogP contribution in [0.25, 0.3) is 5.69 Å².